The van der Waals surface area contributed by atoms with Crippen LogP contribution in [0.3, 0.4) is 0 Å². The van der Waals surface area contributed by atoms with Gasteiger partial charge in [0.15, 0.2) is 0 Å². The first-order chi connectivity index (χ1) is 14.1. The molecule has 0 saturated carbocycles. The van der Waals surface area contributed by atoms with E-state index in [1.165, 1.54) is 0 Å². The van der Waals surface area contributed by atoms with E-state index >= 15 is 0 Å². The molecule has 2 amide bonds. The van der Waals surface area contributed by atoms with Crippen LogP contribution < -0.4 is 5.73 Å². The van der Waals surface area contributed by atoms with Gasteiger partial charge in [-0.2, -0.15) is 0 Å². The fraction of sp³-hybridized carbons (Fsp3) is 0.208. The molecule has 146 valence electrons. The van der Waals surface area contributed by atoms with Gasteiger partial charge in [0, 0.05) is 24.8 Å². The third kappa shape index (κ3) is 3.51. The molecule has 0 aliphatic carbocycles. The highest BCUT2D eigenvalue weighted by molar-refractivity contribution is 6.01. The van der Waals surface area contributed by atoms with Crippen LogP contribution >= 0.6 is 0 Å². The number of aromatic nitrogens is 1. The Hall–Kier alpha value is -3.47. The second kappa shape index (κ2) is 7.87. The number of primary amides is 1. The summed E-state index contributed by atoms with van der Waals surface area (Å²) in [4.78, 5) is 32.1. The number of benzene rings is 2. The van der Waals surface area contributed by atoms with Gasteiger partial charge in [-0.05, 0) is 42.2 Å². The number of nitrogens with zero attached hydrogens (tertiary/aromatic N) is 2. The zero-order chi connectivity index (χ0) is 20.3. The number of hydrogen-bond donors (Lipinski definition) is 1. The average molecular weight is 385 g/mol. The monoisotopic (exact) mass is 385 g/mol. The highest BCUT2D eigenvalue weighted by Gasteiger charge is 2.45. The largest absolute Gasteiger partial charge is 0.369 e. The second-order valence-electron chi connectivity index (χ2n) is 7.40. The van der Waals surface area contributed by atoms with Crippen LogP contribution in [-0.4, -0.2) is 34.8 Å². The molecule has 5 heteroatoms. The van der Waals surface area contributed by atoms with Crippen LogP contribution in [0.2, 0.25) is 0 Å². The van der Waals surface area contributed by atoms with E-state index in [9.17, 15) is 9.59 Å². The number of amides is 2. The molecule has 5 nitrogen and oxygen atoms in total. The van der Waals surface area contributed by atoms with Gasteiger partial charge in [-0.25, -0.2) is 0 Å². The molecular weight excluding hydrogens is 362 g/mol. The summed E-state index contributed by atoms with van der Waals surface area (Å²) in [6.45, 7) is 0.825. The summed E-state index contributed by atoms with van der Waals surface area (Å²) in [5.41, 5.74) is 8.00. The lowest BCUT2D eigenvalue weighted by molar-refractivity contribution is -0.125. The van der Waals surface area contributed by atoms with Gasteiger partial charge in [0.2, 0.25) is 5.91 Å². The zero-order valence-corrected chi connectivity index (χ0v) is 16.1. The summed E-state index contributed by atoms with van der Waals surface area (Å²) in [5.74, 6) is -0.532. The van der Waals surface area contributed by atoms with Crippen molar-refractivity contribution < 1.29 is 9.59 Å². The lowest BCUT2D eigenvalue weighted by atomic mass is 9.75. The fourth-order valence-electron chi connectivity index (χ4n) is 4.12. The Morgan fingerprint density at radius 3 is 2.38 bits per heavy atom. The van der Waals surface area contributed by atoms with Crippen molar-refractivity contribution in [2.45, 2.75) is 18.3 Å². The van der Waals surface area contributed by atoms with E-state index in [4.69, 9.17) is 5.73 Å². The number of likely N-dealkylation sites (tertiary alicyclic amines) is 1. The van der Waals surface area contributed by atoms with E-state index in [-0.39, 0.29) is 12.5 Å². The van der Waals surface area contributed by atoms with Crippen LogP contribution in [0.25, 0.3) is 11.1 Å². The molecule has 3 aromatic rings. The van der Waals surface area contributed by atoms with Crippen molar-refractivity contribution in [1.29, 1.82) is 0 Å². The van der Waals surface area contributed by atoms with Crippen molar-refractivity contribution in [2.24, 2.45) is 5.73 Å². The highest BCUT2D eigenvalue weighted by Crippen LogP contribution is 2.34. The van der Waals surface area contributed by atoms with Gasteiger partial charge in [0.05, 0.1) is 5.69 Å². The van der Waals surface area contributed by atoms with E-state index in [0.29, 0.717) is 30.6 Å². The summed E-state index contributed by atoms with van der Waals surface area (Å²) in [6, 6.07) is 22.9. The normalized spacial score (nSPS) is 19.0. The van der Waals surface area contributed by atoms with Crippen LogP contribution in [0.15, 0.2) is 79.0 Å². The molecule has 0 spiro atoms. The van der Waals surface area contributed by atoms with E-state index in [1.807, 2.05) is 66.7 Å². The molecule has 0 bridgehead atoms. The number of nitrogens with two attached hydrogens (primary N) is 1. The standard InChI is InChI=1S/C24H23N3O2/c25-23(29)24(21-13-6-7-15-26-21)14-8-16-27(17-24)22(28)20-12-5-4-11-19(20)18-9-2-1-3-10-18/h1-7,9-13,15H,8,14,16-17H2,(H2,25,29)/t24-/m1/s1. The predicted molar refractivity (Wildman–Crippen MR) is 112 cm³/mol. The predicted octanol–water partition coefficient (Wildman–Crippen LogP) is 3.41. The van der Waals surface area contributed by atoms with Crippen molar-refractivity contribution in [2.75, 3.05) is 13.1 Å². The van der Waals surface area contributed by atoms with Gasteiger partial charge in [-0.15, -0.1) is 0 Å². The maximum Gasteiger partial charge on any atom is 0.254 e. The smallest absolute Gasteiger partial charge is 0.254 e. The highest BCUT2D eigenvalue weighted by atomic mass is 16.2. The molecule has 0 unspecified atom stereocenters. The SMILES string of the molecule is NC(=O)[C@]1(c2ccccn2)CCCN(C(=O)c2ccccc2-c2ccccc2)C1. The summed E-state index contributed by atoms with van der Waals surface area (Å²) < 4.78 is 0. The quantitative estimate of drug-likeness (QED) is 0.748. The van der Waals surface area contributed by atoms with Gasteiger partial charge in [0.1, 0.15) is 5.41 Å². The Kier molecular flexibility index (Phi) is 5.12. The summed E-state index contributed by atoms with van der Waals surface area (Å²) >= 11 is 0. The molecule has 1 aromatic heterocycles. The fourth-order valence-corrected chi connectivity index (χ4v) is 4.12. The van der Waals surface area contributed by atoms with Crippen LogP contribution in [-0.2, 0) is 10.2 Å². The van der Waals surface area contributed by atoms with Crippen molar-refractivity contribution >= 4 is 11.8 Å². The summed E-state index contributed by atoms with van der Waals surface area (Å²) in [6.07, 6.45) is 2.94. The topological polar surface area (TPSA) is 76.3 Å². The maximum atomic E-state index is 13.5. The first kappa shape index (κ1) is 18.9. The lowest BCUT2D eigenvalue weighted by Crippen LogP contribution is -2.55. The van der Waals surface area contributed by atoms with E-state index in [2.05, 4.69) is 4.98 Å². The van der Waals surface area contributed by atoms with Crippen LogP contribution in [0.5, 0.6) is 0 Å². The molecule has 29 heavy (non-hydrogen) atoms. The number of hydrogen-bond acceptors (Lipinski definition) is 3. The van der Waals surface area contributed by atoms with Crippen LogP contribution in [0, 0.1) is 0 Å². The Balaban J connectivity index is 1.70. The Morgan fingerprint density at radius 1 is 0.931 bits per heavy atom. The second-order valence-corrected chi connectivity index (χ2v) is 7.40. The third-order valence-electron chi connectivity index (χ3n) is 5.65. The van der Waals surface area contributed by atoms with Gasteiger partial charge >= 0.3 is 0 Å². The van der Waals surface area contributed by atoms with Crippen molar-refractivity contribution in [1.82, 2.24) is 9.88 Å². The molecule has 1 aliphatic rings. The molecule has 2 N–H and O–H groups in total. The number of piperidine rings is 1. The Morgan fingerprint density at radius 2 is 1.66 bits per heavy atom. The van der Waals surface area contributed by atoms with Crippen molar-refractivity contribution in [3.8, 4) is 11.1 Å². The Labute approximate surface area is 170 Å². The van der Waals surface area contributed by atoms with E-state index in [0.717, 1.165) is 11.1 Å². The molecule has 2 heterocycles. The summed E-state index contributed by atoms with van der Waals surface area (Å²) in [5, 5.41) is 0. The van der Waals surface area contributed by atoms with E-state index < -0.39 is 11.3 Å². The minimum Gasteiger partial charge on any atom is -0.369 e. The van der Waals surface area contributed by atoms with Crippen LogP contribution in [0.4, 0.5) is 0 Å². The first-order valence-corrected chi connectivity index (χ1v) is 9.77. The number of pyridine rings is 1. The lowest BCUT2D eigenvalue weighted by Gasteiger charge is -2.40. The van der Waals surface area contributed by atoms with Gasteiger partial charge in [0.25, 0.3) is 5.91 Å². The van der Waals surface area contributed by atoms with Gasteiger partial charge in [-0.3, -0.25) is 14.6 Å². The van der Waals surface area contributed by atoms with Crippen LogP contribution in [0.1, 0.15) is 28.9 Å². The van der Waals surface area contributed by atoms with Gasteiger partial charge < -0.3 is 10.6 Å². The number of carbonyl (C=O) groups is 2. The van der Waals surface area contributed by atoms with E-state index in [1.54, 1.807) is 17.2 Å². The molecule has 1 fully saturated rings. The van der Waals surface area contributed by atoms with Crippen molar-refractivity contribution in [3.63, 3.8) is 0 Å². The first-order valence-electron chi connectivity index (χ1n) is 9.77. The molecule has 2 aromatic carbocycles. The molecular formula is C24H23N3O2. The third-order valence-corrected chi connectivity index (χ3v) is 5.65. The average Bonchev–Trinajstić information content (AvgIpc) is 2.79. The van der Waals surface area contributed by atoms with Gasteiger partial charge in [-0.1, -0.05) is 54.6 Å². The molecule has 0 radical (unpaired) electrons. The minimum atomic E-state index is -0.961. The molecule has 4 rings (SSSR count). The maximum absolute atomic E-state index is 13.5. The Bertz CT molecular complexity index is 1020. The zero-order valence-electron chi connectivity index (χ0n) is 16.1. The molecule has 1 saturated heterocycles. The molecule has 1 atom stereocenters. The minimum absolute atomic E-state index is 0.0919. The summed E-state index contributed by atoms with van der Waals surface area (Å²) in [7, 11) is 0. The van der Waals surface area contributed by atoms with Crippen molar-refractivity contribution in [3.05, 3.63) is 90.3 Å². The number of carbonyl (C=O) groups excluding carboxylic acids is 2. The molecule has 1 aliphatic heterocycles. The number of rotatable bonds is 4.